The summed E-state index contributed by atoms with van der Waals surface area (Å²) in [5.41, 5.74) is 5.75. The van der Waals surface area contributed by atoms with E-state index >= 15 is 0 Å². The summed E-state index contributed by atoms with van der Waals surface area (Å²) in [5, 5.41) is 7.79. The Morgan fingerprint density at radius 1 is 1.50 bits per heavy atom. The van der Waals surface area contributed by atoms with Crippen LogP contribution in [0.3, 0.4) is 0 Å². The van der Waals surface area contributed by atoms with Gasteiger partial charge < -0.3 is 5.73 Å². The molecule has 0 unspecified atom stereocenters. The quantitative estimate of drug-likeness (QED) is 0.481. The van der Waals surface area contributed by atoms with Gasteiger partial charge in [0.15, 0.2) is 9.50 Å². The molecule has 0 spiro atoms. The third-order valence-electron chi connectivity index (χ3n) is 1.60. The second-order valence-electron chi connectivity index (χ2n) is 2.85. The van der Waals surface area contributed by atoms with Crippen molar-refractivity contribution in [2.24, 2.45) is 5.73 Å². The molecule has 0 aliphatic carbocycles. The zero-order chi connectivity index (χ0) is 11.5. The van der Waals surface area contributed by atoms with Gasteiger partial charge >= 0.3 is 0 Å². The number of aromatic nitrogens is 4. The van der Waals surface area contributed by atoms with Gasteiger partial charge in [0, 0.05) is 6.20 Å². The Labute approximate surface area is 100 Å². The predicted octanol–water partition coefficient (Wildman–Crippen LogP) is 1.07. The summed E-state index contributed by atoms with van der Waals surface area (Å²) >= 11 is 2.61. The Hall–Kier alpha value is -1.54. The van der Waals surface area contributed by atoms with E-state index in [-0.39, 0.29) is 5.84 Å². The highest BCUT2D eigenvalue weighted by Crippen LogP contribution is 2.25. The summed E-state index contributed by atoms with van der Waals surface area (Å²) in [6, 6.07) is 1.59. The van der Waals surface area contributed by atoms with Crippen molar-refractivity contribution in [2.75, 3.05) is 0 Å². The predicted molar refractivity (Wildman–Crippen MR) is 61.8 cm³/mol. The van der Waals surface area contributed by atoms with Crippen LogP contribution in [0, 0.1) is 12.3 Å². The number of nitrogens with two attached hydrogens (primary N) is 1. The summed E-state index contributed by atoms with van der Waals surface area (Å²) < 4.78 is 4.83. The van der Waals surface area contributed by atoms with Crippen molar-refractivity contribution in [3.8, 4) is 0 Å². The minimum atomic E-state index is -0.0716. The van der Waals surface area contributed by atoms with Crippen LogP contribution in [-0.2, 0) is 0 Å². The average molecular weight is 252 g/mol. The highest BCUT2D eigenvalue weighted by atomic mass is 32.2. The van der Waals surface area contributed by atoms with E-state index in [0.29, 0.717) is 10.9 Å². The monoisotopic (exact) mass is 252 g/mol. The van der Waals surface area contributed by atoms with Gasteiger partial charge in [-0.05, 0) is 36.3 Å². The van der Waals surface area contributed by atoms with Crippen LogP contribution in [0.25, 0.3) is 0 Å². The lowest BCUT2D eigenvalue weighted by atomic mass is 10.4. The number of hydrogen-bond donors (Lipinski definition) is 2. The van der Waals surface area contributed by atoms with E-state index in [4.69, 9.17) is 11.1 Å². The van der Waals surface area contributed by atoms with Crippen molar-refractivity contribution in [1.29, 1.82) is 5.41 Å². The van der Waals surface area contributed by atoms with Gasteiger partial charge in [-0.1, -0.05) is 0 Å². The van der Waals surface area contributed by atoms with Crippen molar-refractivity contribution < 1.29 is 0 Å². The van der Waals surface area contributed by atoms with Crippen LogP contribution in [0.15, 0.2) is 21.8 Å². The molecule has 3 N–H and O–H groups in total. The lowest BCUT2D eigenvalue weighted by Gasteiger charge is -1.98. The standard InChI is InChI=1S/C8H8N6S2/c1-4-12-8(16-14-4)15-7-11-3-2-5(13-7)6(9)10/h2-3H,1H3,(H3,9,10). The maximum Gasteiger partial charge on any atom is 0.195 e. The third-order valence-corrected chi connectivity index (χ3v) is 3.32. The second kappa shape index (κ2) is 4.54. The zero-order valence-electron chi connectivity index (χ0n) is 8.34. The molecule has 82 valence electrons. The van der Waals surface area contributed by atoms with Gasteiger partial charge in [-0.3, -0.25) is 5.41 Å². The molecule has 2 heterocycles. The maximum absolute atomic E-state index is 7.27. The van der Waals surface area contributed by atoms with E-state index in [1.54, 1.807) is 12.3 Å². The molecule has 0 aliphatic heterocycles. The molecule has 16 heavy (non-hydrogen) atoms. The molecule has 0 bridgehead atoms. The highest BCUT2D eigenvalue weighted by molar-refractivity contribution is 8.00. The zero-order valence-corrected chi connectivity index (χ0v) is 9.97. The van der Waals surface area contributed by atoms with Crippen molar-refractivity contribution in [3.63, 3.8) is 0 Å². The third kappa shape index (κ3) is 2.52. The number of amidine groups is 1. The Balaban J connectivity index is 2.21. The van der Waals surface area contributed by atoms with E-state index in [1.165, 1.54) is 23.3 Å². The summed E-state index contributed by atoms with van der Waals surface area (Å²) in [6.45, 7) is 1.83. The van der Waals surface area contributed by atoms with Crippen LogP contribution in [0.2, 0.25) is 0 Å². The van der Waals surface area contributed by atoms with Crippen molar-refractivity contribution in [1.82, 2.24) is 19.3 Å². The van der Waals surface area contributed by atoms with Gasteiger partial charge in [0.1, 0.15) is 17.4 Å². The number of hydrogen-bond acceptors (Lipinski definition) is 7. The van der Waals surface area contributed by atoms with Crippen LogP contribution >= 0.6 is 23.3 Å². The molecule has 0 atom stereocenters. The second-order valence-corrected chi connectivity index (χ2v) is 4.81. The van der Waals surface area contributed by atoms with E-state index in [0.717, 1.165) is 10.2 Å². The number of nitrogens with one attached hydrogen (secondary N) is 1. The normalized spacial score (nSPS) is 10.3. The van der Waals surface area contributed by atoms with E-state index in [9.17, 15) is 0 Å². The molecule has 0 saturated heterocycles. The molecular weight excluding hydrogens is 244 g/mol. The fraction of sp³-hybridized carbons (Fsp3) is 0.125. The van der Waals surface area contributed by atoms with E-state index in [2.05, 4.69) is 19.3 Å². The summed E-state index contributed by atoms with van der Waals surface area (Å²) in [5.74, 6) is 0.660. The Morgan fingerprint density at radius 3 is 2.94 bits per heavy atom. The molecule has 0 aromatic carbocycles. The smallest absolute Gasteiger partial charge is 0.195 e. The topological polar surface area (TPSA) is 101 Å². The Kier molecular flexibility index (Phi) is 3.11. The SMILES string of the molecule is Cc1nsc(Sc2nccc(C(=N)N)n2)n1. The largest absolute Gasteiger partial charge is 0.382 e. The molecule has 6 nitrogen and oxygen atoms in total. The first-order chi connectivity index (χ1) is 7.65. The average Bonchev–Trinajstić information content (AvgIpc) is 2.64. The first-order valence-corrected chi connectivity index (χ1v) is 5.90. The molecule has 2 rings (SSSR count). The van der Waals surface area contributed by atoms with Gasteiger partial charge in [-0.15, -0.1) is 0 Å². The van der Waals surface area contributed by atoms with Crippen molar-refractivity contribution >= 4 is 29.1 Å². The van der Waals surface area contributed by atoms with Gasteiger partial charge in [0.2, 0.25) is 0 Å². The summed E-state index contributed by atoms with van der Waals surface area (Å²) in [6.07, 6.45) is 1.57. The number of aryl methyl sites for hydroxylation is 1. The Bertz CT molecular complexity index is 523. The van der Waals surface area contributed by atoms with Crippen LogP contribution in [0.4, 0.5) is 0 Å². The van der Waals surface area contributed by atoms with Crippen molar-refractivity contribution in [2.45, 2.75) is 16.4 Å². The minimum Gasteiger partial charge on any atom is -0.382 e. The molecule has 0 saturated carbocycles. The molecular formula is C8H8N6S2. The maximum atomic E-state index is 7.27. The van der Waals surface area contributed by atoms with E-state index < -0.39 is 0 Å². The van der Waals surface area contributed by atoms with Crippen LogP contribution < -0.4 is 5.73 Å². The molecule has 0 amide bonds. The molecule has 0 aliphatic rings. The minimum absolute atomic E-state index is 0.0716. The molecule has 2 aromatic heterocycles. The molecule has 2 aromatic rings. The molecule has 8 heteroatoms. The summed E-state index contributed by atoms with van der Waals surface area (Å²) in [4.78, 5) is 12.4. The van der Waals surface area contributed by atoms with Crippen LogP contribution in [0.1, 0.15) is 11.5 Å². The number of nitrogen functional groups attached to an aromatic ring is 1. The Morgan fingerprint density at radius 2 is 2.31 bits per heavy atom. The fourth-order valence-electron chi connectivity index (χ4n) is 0.938. The van der Waals surface area contributed by atoms with Crippen LogP contribution in [0.5, 0.6) is 0 Å². The van der Waals surface area contributed by atoms with Gasteiger partial charge in [0.25, 0.3) is 0 Å². The lowest BCUT2D eigenvalue weighted by Crippen LogP contribution is -2.13. The molecule has 0 fully saturated rings. The molecule has 0 radical (unpaired) electrons. The first-order valence-electron chi connectivity index (χ1n) is 4.31. The van der Waals surface area contributed by atoms with Gasteiger partial charge in [-0.2, -0.15) is 4.37 Å². The number of nitrogens with zero attached hydrogens (tertiary/aromatic N) is 4. The van der Waals surface area contributed by atoms with Gasteiger partial charge in [0.05, 0.1) is 0 Å². The first kappa shape index (κ1) is 11.0. The van der Waals surface area contributed by atoms with Crippen molar-refractivity contribution in [3.05, 3.63) is 23.8 Å². The number of rotatable bonds is 3. The van der Waals surface area contributed by atoms with Gasteiger partial charge in [-0.25, -0.2) is 15.0 Å². The van der Waals surface area contributed by atoms with E-state index in [1.807, 2.05) is 6.92 Å². The lowest BCUT2D eigenvalue weighted by molar-refractivity contribution is 0.951. The summed E-state index contributed by atoms with van der Waals surface area (Å²) in [7, 11) is 0. The van der Waals surface area contributed by atoms with Crippen LogP contribution in [-0.4, -0.2) is 25.2 Å². The fourth-order valence-corrected chi connectivity index (χ4v) is 2.44. The highest BCUT2D eigenvalue weighted by Gasteiger charge is 2.07.